The Morgan fingerprint density at radius 2 is 2.33 bits per heavy atom. The lowest BCUT2D eigenvalue weighted by atomic mass is 9.92. The number of carbonyl (C=O) groups is 1. The van der Waals surface area contributed by atoms with Crippen LogP contribution in [-0.2, 0) is 23.0 Å². The van der Waals surface area contributed by atoms with Gasteiger partial charge in [0.05, 0.1) is 23.1 Å². The van der Waals surface area contributed by atoms with E-state index in [9.17, 15) is 9.18 Å². The van der Waals surface area contributed by atoms with Crippen molar-refractivity contribution in [3.63, 3.8) is 0 Å². The van der Waals surface area contributed by atoms with Gasteiger partial charge >= 0.3 is 0 Å². The first kappa shape index (κ1) is 16.9. The third kappa shape index (κ3) is 3.43. The number of hydrogen-bond donors (Lipinski definition) is 1. The molecule has 1 aliphatic heterocycles. The van der Waals surface area contributed by atoms with Crippen LogP contribution in [0.25, 0.3) is 11.0 Å². The number of carbonyl (C=O) groups excluding carboxylic acids is 1. The number of amides is 1. The minimum absolute atomic E-state index is 0.0254. The highest BCUT2D eigenvalue weighted by Gasteiger charge is 2.30. The van der Waals surface area contributed by atoms with E-state index in [1.807, 2.05) is 11.6 Å². The summed E-state index contributed by atoms with van der Waals surface area (Å²) in [6, 6.07) is 4.59. The molecule has 5 nitrogen and oxygen atoms in total. The largest absolute Gasteiger partial charge is 0.377 e. The van der Waals surface area contributed by atoms with Gasteiger partial charge < -0.3 is 14.6 Å². The number of fused-ring (bicyclic) bond motifs is 1. The molecular weight excluding hydrogens is 309 g/mol. The summed E-state index contributed by atoms with van der Waals surface area (Å²) in [6.07, 6.45) is 3.32. The third-order valence-corrected chi connectivity index (χ3v) is 4.76. The van der Waals surface area contributed by atoms with Gasteiger partial charge in [-0.1, -0.05) is 6.92 Å². The van der Waals surface area contributed by atoms with Crippen molar-refractivity contribution in [1.82, 2.24) is 14.9 Å². The second-order valence-corrected chi connectivity index (χ2v) is 6.33. The van der Waals surface area contributed by atoms with E-state index in [-0.39, 0.29) is 23.7 Å². The molecule has 2 atom stereocenters. The van der Waals surface area contributed by atoms with Gasteiger partial charge in [-0.05, 0) is 31.4 Å². The molecule has 0 aliphatic carbocycles. The van der Waals surface area contributed by atoms with E-state index in [2.05, 4.69) is 17.2 Å². The van der Waals surface area contributed by atoms with Crippen LogP contribution in [0.5, 0.6) is 0 Å². The van der Waals surface area contributed by atoms with Crippen molar-refractivity contribution in [3.05, 3.63) is 29.8 Å². The zero-order valence-corrected chi connectivity index (χ0v) is 14.2. The molecule has 1 amide bonds. The highest BCUT2D eigenvalue weighted by atomic mass is 19.1. The van der Waals surface area contributed by atoms with E-state index in [4.69, 9.17) is 4.74 Å². The van der Waals surface area contributed by atoms with Gasteiger partial charge in [0.1, 0.15) is 11.6 Å². The lowest BCUT2D eigenvalue weighted by Crippen LogP contribution is -2.42. The van der Waals surface area contributed by atoms with Gasteiger partial charge in [0.25, 0.3) is 0 Å². The van der Waals surface area contributed by atoms with Crippen LogP contribution in [0.4, 0.5) is 4.39 Å². The Bertz CT molecular complexity index is 728. The third-order valence-electron chi connectivity index (χ3n) is 4.76. The monoisotopic (exact) mass is 333 g/mol. The fourth-order valence-corrected chi connectivity index (χ4v) is 3.42. The number of aryl methyl sites for hydroxylation is 1. The Balaban J connectivity index is 1.60. The normalized spacial score (nSPS) is 21.1. The van der Waals surface area contributed by atoms with E-state index in [1.54, 1.807) is 6.07 Å². The van der Waals surface area contributed by atoms with Gasteiger partial charge in [0.2, 0.25) is 5.91 Å². The van der Waals surface area contributed by atoms with Crippen LogP contribution < -0.4 is 5.32 Å². The van der Waals surface area contributed by atoms with Crippen LogP contribution in [-0.4, -0.2) is 34.7 Å². The van der Waals surface area contributed by atoms with Crippen molar-refractivity contribution in [1.29, 1.82) is 0 Å². The topological polar surface area (TPSA) is 56.1 Å². The quantitative estimate of drug-likeness (QED) is 0.915. The highest BCUT2D eigenvalue weighted by molar-refractivity contribution is 5.79. The number of rotatable bonds is 5. The van der Waals surface area contributed by atoms with Gasteiger partial charge in [-0.2, -0.15) is 0 Å². The minimum atomic E-state index is -0.289. The van der Waals surface area contributed by atoms with Crippen molar-refractivity contribution >= 4 is 16.9 Å². The average molecular weight is 333 g/mol. The summed E-state index contributed by atoms with van der Waals surface area (Å²) >= 11 is 0. The second kappa shape index (κ2) is 7.30. The predicted molar refractivity (Wildman–Crippen MR) is 90.1 cm³/mol. The number of nitrogens with zero attached hydrogens (tertiary/aromatic N) is 2. The smallest absolute Gasteiger partial charge is 0.225 e. The van der Waals surface area contributed by atoms with E-state index < -0.39 is 0 Å². The molecule has 1 fully saturated rings. The summed E-state index contributed by atoms with van der Waals surface area (Å²) in [6.45, 7) is 3.32. The first-order valence-corrected chi connectivity index (χ1v) is 8.60. The Morgan fingerprint density at radius 1 is 1.50 bits per heavy atom. The first-order valence-electron chi connectivity index (χ1n) is 8.60. The van der Waals surface area contributed by atoms with E-state index in [1.165, 1.54) is 12.1 Å². The van der Waals surface area contributed by atoms with Crippen LogP contribution >= 0.6 is 0 Å². The SMILES string of the molecule is CC[C@H]1OCCC[C@H]1C(=O)NCCc1nc2cc(F)ccc2n1C. The van der Waals surface area contributed by atoms with Crippen LogP contribution in [0, 0.1) is 11.7 Å². The minimum Gasteiger partial charge on any atom is -0.377 e. The molecule has 0 unspecified atom stereocenters. The van der Waals surface area contributed by atoms with Crippen LogP contribution in [0.2, 0.25) is 0 Å². The molecule has 2 aromatic rings. The van der Waals surface area contributed by atoms with E-state index >= 15 is 0 Å². The summed E-state index contributed by atoms with van der Waals surface area (Å²) < 4.78 is 20.9. The number of halogens is 1. The van der Waals surface area contributed by atoms with Gasteiger partial charge in [-0.3, -0.25) is 4.79 Å². The standard InChI is InChI=1S/C18H24FN3O2/c1-3-16-13(5-4-10-24-16)18(23)20-9-8-17-21-14-11-12(19)6-7-15(14)22(17)2/h6-7,11,13,16H,3-5,8-10H2,1-2H3,(H,20,23)/t13-,16-/m1/s1. The van der Waals surface area contributed by atoms with Gasteiger partial charge in [0.15, 0.2) is 0 Å². The summed E-state index contributed by atoms with van der Waals surface area (Å²) in [7, 11) is 1.91. The summed E-state index contributed by atoms with van der Waals surface area (Å²) in [5, 5.41) is 3.00. The number of ether oxygens (including phenoxy) is 1. The fourth-order valence-electron chi connectivity index (χ4n) is 3.42. The number of aromatic nitrogens is 2. The second-order valence-electron chi connectivity index (χ2n) is 6.33. The molecule has 0 saturated carbocycles. The maximum Gasteiger partial charge on any atom is 0.225 e. The number of imidazole rings is 1. The maximum absolute atomic E-state index is 13.3. The molecule has 1 aliphatic rings. The lowest BCUT2D eigenvalue weighted by Gasteiger charge is -2.30. The molecule has 6 heteroatoms. The summed E-state index contributed by atoms with van der Waals surface area (Å²) in [5.41, 5.74) is 1.54. The molecule has 0 spiro atoms. The van der Waals surface area contributed by atoms with Gasteiger partial charge in [-0.25, -0.2) is 9.37 Å². The van der Waals surface area contributed by atoms with Crippen LogP contribution in [0.15, 0.2) is 18.2 Å². The molecular formula is C18H24FN3O2. The molecule has 1 aromatic carbocycles. The van der Waals surface area contributed by atoms with Crippen molar-refractivity contribution in [3.8, 4) is 0 Å². The van der Waals surface area contributed by atoms with E-state index in [0.717, 1.165) is 37.2 Å². The highest BCUT2D eigenvalue weighted by Crippen LogP contribution is 2.23. The molecule has 1 aromatic heterocycles. The number of benzene rings is 1. The summed E-state index contributed by atoms with van der Waals surface area (Å²) in [4.78, 5) is 16.9. The molecule has 3 rings (SSSR count). The zero-order chi connectivity index (χ0) is 17.1. The van der Waals surface area contributed by atoms with Crippen LogP contribution in [0.3, 0.4) is 0 Å². The maximum atomic E-state index is 13.3. The van der Waals surface area contributed by atoms with Gasteiger partial charge in [-0.15, -0.1) is 0 Å². The van der Waals surface area contributed by atoms with Crippen molar-refractivity contribution < 1.29 is 13.9 Å². The first-order chi connectivity index (χ1) is 11.6. The molecule has 1 saturated heterocycles. The molecule has 2 heterocycles. The van der Waals surface area contributed by atoms with Gasteiger partial charge in [0, 0.05) is 32.7 Å². The van der Waals surface area contributed by atoms with Crippen molar-refractivity contribution in [2.24, 2.45) is 13.0 Å². The zero-order valence-electron chi connectivity index (χ0n) is 14.2. The molecule has 0 bridgehead atoms. The predicted octanol–water partition coefficient (Wildman–Crippen LogP) is 2.58. The molecule has 0 radical (unpaired) electrons. The fraction of sp³-hybridized carbons (Fsp3) is 0.556. The Labute approximate surface area is 141 Å². The van der Waals surface area contributed by atoms with Crippen molar-refractivity contribution in [2.75, 3.05) is 13.2 Å². The average Bonchev–Trinajstić information content (AvgIpc) is 2.90. The number of hydrogen-bond acceptors (Lipinski definition) is 3. The molecule has 24 heavy (non-hydrogen) atoms. The lowest BCUT2D eigenvalue weighted by molar-refractivity contribution is -0.134. The Hall–Kier alpha value is -1.95. The Kier molecular flexibility index (Phi) is 5.14. The Morgan fingerprint density at radius 3 is 3.12 bits per heavy atom. The number of nitrogens with one attached hydrogen (secondary N) is 1. The molecule has 1 N–H and O–H groups in total. The van der Waals surface area contributed by atoms with Crippen LogP contribution in [0.1, 0.15) is 32.0 Å². The molecule has 130 valence electrons. The summed E-state index contributed by atoms with van der Waals surface area (Å²) in [5.74, 6) is 0.552. The van der Waals surface area contributed by atoms with Crippen molar-refractivity contribution in [2.45, 2.75) is 38.7 Å². The van der Waals surface area contributed by atoms with E-state index in [0.29, 0.717) is 18.5 Å².